The van der Waals surface area contributed by atoms with Crippen LogP contribution in [0.15, 0.2) is 48.5 Å². The van der Waals surface area contributed by atoms with Crippen LogP contribution in [0.1, 0.15) is 11.1 Å². The molecule has 0 unspecified atom stereocenters. The van der Waals surface area contributed by atoms with Crippen LogP contribution in [0.3, 0.4) is 0 Å². The summed E-state index contributed by atoms with van der Waals surface area (Å²) >= 11 is 11.6. The van der Waals surface area contributed by atoms with Crippen molar-refractivity contribution < 1.29 is 13.5 Å². The van der Waals surface area contributed by atoms with Crippen molar-refractivity contribution in [1.82, 2.24) is 0 Å². The van der Waals surface area contributed by atoms with E-state index in [9.17, 15) is 8.78 Å². The highest BCUT2D eigenvalue weighted by Crippen LogP contribution is 2.31. The van der Waals surface area contributed by atoms with Gasteiger partial charge in [0, 0.05) is 11.4 Å². The Hall–Kier alpha value is -1.32. The third-order valence-electron chi connectivity index (χ3n) is 2.76. The molecule has 0 heterocycles. The zero-order chi connectivity index (χ0) is 14.6. The van der Waals surface area contributed by atoms with Gasteiger partial charge >= 0.3 is 5.92 Å². The van der Waals surface area contributed by atoms with E-state index in [1.165, 1.54) is 12.1 Å². The normalized spacial score (nSPS) is 11.4. The van der Waals surface area contributed by atoms with Gasteiger partial charge in [-0.2, -0.15) is 8.78 Å². The fourth-order valence-corrected chi connectivity index (χ4v) is 2.10. The number of halogens is 4. The number of hydrogen-bond acceptors (Lipinski definition) is 1. The maximum absolute atomic E-state index is 13.9. The monoisotopic (exact) mass is 316 g/mol. The molecule has 2 aromatic rings. The van der Waals surface area contributed by atoms with Gasteiger partial charge < -0.3 is 4.74 Å². The molecule has 106 valence electrons. The van der Waals surface area contributed by atoms with E-state index in [0.717, 1.165) is 5.56 Å². The fourth-order valence-electron chi connectivity index (χ4n) is 1.68. The molecule has 0 aliphatic rings. The molecule has 0 amide bonds. The average Bonchev–Trinajstić information content (AvgIpc) is 2.47. The SMILES string of the molecule is FC(F)(COc1ccc(CCl)cc1Cl)c1ccccc1. The lowest BCUT2D eigenvalue weighted by Crippen LogP contribution is -2.23. The Morgan fingerprint density at radius 2 is 1.75 bits per heavy atom. The minimum Gasteiger partial charge on any atom is -0.485 e. The average molecular weight is 317 g/mol. The second kappa shape index (κ2) is 6.42. The molecular formula is C15H12Cl2F2O. The Kier molecular flexibility index (Phi) is 4.84. The molecule has 5 heteroatoms. The van der Waals surface area contributed by atoms with E-state index in [1.54, 1.807) is 36.4 Å². The zero-order valence-electron chi connectivity index (χ0n) is 10.5. The lowest BCUT2D eigenvalue weighted by atomic mass is 10.1. The predicted molar refractivity (Wildman–Crippen MR) is 76.8 cm³/mol. The summed E-state index contributed by atoms with van der Waals surface area (Å²) in [6.07, 6.45) is 0. The molecule has 0 saturated carbocycles. The number of hydrogen-bond donors (Lipinski definition) is 0. The second-order valence-electron chi connectivity index (χ2n) is 4.26. The van der Waals surface area contributed by atoms with Crippen LogP contribution in [0.2, 0.25) is 5.02 Å². The number of benzene rings is 2. The molecule has 0 bridgehead atoms. The molecule has 0 N–H and O–H groups in total. The van der Waals surface area contributed by atoms with Crippen LogP contribution in [0.25, 0.3) is 0 Å². The largest absolute Gasteiger partial charge is 0.485 e. The standard InChI is InChI=1S/C15H12Cl2F2O/c16-9-11-6-7-14(13(17)8-11)20-10-15(18,19)12-4-2-1-3-5-12/h1-8H,9-10H2. The summed E-state index contributed by atoms with van der Waals surface area (Å²) in [4.78, 5) is 0. The van der Waals surface area contributed by atoms with Crippen LogP contribution < -0.4 is 4.74 Å². The molecule has 0 saturated heterocycles. The number of ether oxygens (including phenoxy) is 1. The quantitative estimate of drug-likeness (QED) is 0.684. The molecule has 0 radical (unpaired) electrons. The molecule has 0 fully saturated rings. The van der Waals surface area contributed by atoms with Gasteiger partial charge in [0.1, 0.15) is 5.75 Å². The van der Waals surface area contributed by atoms with E-state index in [4.69, 9.17) is 27.9 Å². The lowest BCUT2D eigenvalue weighted by Gasteiger charge is -2.18. The third-order valence-corrected chi connectivity index (χ3v) is 3.36. The summed E-state index contributed by atoms with van der Waals surface area (Å²) < 4.78 is 33.0. The highest BCUT2D eigenvalue weighted by atomic mass is 35.5. The first kappa shape index (κ1) is 15.1. The van der Waals surface area contributed by atoms with Crippen molar-refractivity contribution in [2.45, 2.75) is 11.8 Å². The summed E-state index contributed by atoms with van der Waals surface area (Å²) in [6.45, 7) is -0.767. The van der Waals surface area contributed by atoms with E-state index < -0.39 is 12.5 Å². The van der Waals surface area contributed by atoms with Gasteiger partial charge in [-0.25, -0.2) is 0 Å². The molecule has 0 aliphatic carbocycles. The molecule has 20 heavy (non-hydrogen) atoms. The molecule has 2 aromatic carbocycles. The molecule has 2 rings (SSSR count). The van der Waals surface area contributed by atoms with Crippen molar-refractivity contribution in [3.05, 3.63) is 64.7 Å². The van der Waals surface area contributed by atoms with Crippen LogP contribution in [0.5, 0.6) is 5.75 Å². The van der Waals surface area contributed by atoms with E-state index >= 15 is 0 Å². The predicted octanol–water partition coefficient (Wildman–Crippen LogP) is 5.25. The lowest BCUT2D eigenvalue weighted by molar-refractivity contribution is -0.0466. The van der Waals surface area contributed by atoms with E-state index in [0.29, 0.717) is 5.88 Å². The molecule has 0 atom stereocenters. The van der Waals surface area contributed by atoms with Crippen LogP contribution in [0, 0.1) is 0 Å². The molecule has 0 aliphatic heterocycles. The topological polar surface area (TPSA) is 9.23 Å². The summed E-state index contributed by atoms with van der Waals surface area (Å²) in [5.41, 5.74) is 0.715. The Morgan fingerprint density at radius 3 is 2.35 bits per heavy atom. The Bertz CT molecular complexity index is 573. The van der Waals surface area contributed by atoms with Gasteiger partial charge in [0.05, 0.1) is 5.02 Å². The van der Waals surface area contributed by atoms with Gasteiger partial charge in [0.15, 0.2) is 6.61 Å². The molecule has 0 spiro atoms. The minimum absolute atomic E-state index is 0.0894. The van der Waals surface area contributed by atoms with E-state index in [-0.39, 0.29) is 16.3 Å². The minimum atomic E-state index is -3.07. The Labute approximate surface area is 126 Å². The zero-order valence-corrected chi connectivity index (χ0v) is 12.0. The van der Waals surface area contributed by atoms with Crippen molar-refractivity contribution in [1.29, 1.82) is 0 Å². The number of alkyl halides is 3. The van der Waals surface area contributed by atoms with Gasteiger partial charge in [-0.15, -0.1) is 11.6 Å². The molecular weight excluding hydrogens is 305 g/mol. The van der Waals surface area contributed by atoms with Crippen molar-refractivity contribution in [2.24, 2.45) is 0 Å². The summed E-state index contributed by atoms with van der Waals surface area (Å²) in [7, 11) is 0. The first-order valence-electron chi connectivity index (χ1n) is 5.93. The van der Waals surface area contributed by atoms with Gasteiger partial charge in [0.25, 0.3) is 0 Å². The first-order chi connectivity index (χ1) is 9.53. The van der Waals surface area contributed by atoms with Crippen LogP contribution >= 0.6 is 23.2 Å². The number of rotatable bonds is 5. The van der Waals surface area contributed by atoms with Crippen molar-refractivity contribution in [2.75, 3.05) is 6.61 Å². The Balaban J connectivity index is 2.08. The van der Waals surface area contributed by atoms with E-state index in [2.05, 4.69) is 0 Å². The first-order valence-corrected chi connectivity index (χ1v) is 6.85. The maximum atomic E-state index is 13.9. The van der Waals surface area contributed by atoms with Crippen molar-refractivity contribution in [3.8, 4) is 5.75 Å². The van der Waals surface area contributed by atoms with Crippen LogP contribution in [-0.4, -0.2) is 6.61 Å². The fraction of sp³-hybridized carbons (Fsp3) is 0.200. The highest BCUT2D eigenvalue weighted by molar-refractivity contribution is 6.32. The van der Waals surface area contributed by atoms with Crippen LogP contribution in [-0.2, 0) is 11.8 Å². The highest BCUT2D eigenvalue weighted by Gasteiger charge is 2.32. The van der Waals surface area contributed by atoms with Gasteiger partial charge in [0.2, 0.25) is 0 Å². The molecule has 0 aromatic heterocycles. The van der Waals surface area contributed by atoms with E-state index in [1.807, 2.05) is 0 Å². The second-order valence-corrected chi connectivity index (χ2v) is 4.93. The summed E-state index contributed by atoms with van der Waals surface area (Å²) in [5, 5.41) is 0.270. The van der Waals surface area contributed by atoms with Gasteiger partial charge in [-0.3, -0.25) is 0 Å². The van der Waals surface area contributed by atoms with Gasteiger partial charge in [-0.05, 0) is 17.7 Å². The van der Waals surface area contributed by atoms with Crippen molar-refractivity contribution >= 4 is 23.2 Å². The summed E-state index contributed by atoms with van der Waals surface area (Å²) in [5.74, 6) is -2.55. The third kappa shape index (κ3) is 3.62. The Morgan fingerprint density at radius 1 is 1.05 bits per heavy atom. The maximum Gasteiger partial charge on any atom is 0.306 e. The van der Waals surface area contributed by atoms with Crippen molar-refractivity contribution in [3.63, 3.8) is 0 Å². The van der Waals surface area contributed by atoms with Gasteiger partial charge in [-0.1, -0.05) is 48.0 Å². The smallest absolute Gasteiger partial charge is 0.306 e. The molecule has 1 nitrogen and oxygen atoms in total. The van der Waals surface area contributed by atoms with Crippen LogP contribution in [0.4, 0.5) is 8.78 Å². The summed E-state index contributed by atoms with van der Waals surface area (Å²) in [6, 6.07) is 12.4.